The highest BCUT2D eigenvalue weighted by Crippen LogP contribution is 2.71. The number of rotatable bonds is 1. The Morgan fingerprint density at radius 3 is 1.96 bits per heavy atom. The van der Waals surface area contributed by atoms with E-state index in [1.807, 2.05) is 0 Å². The fourth-order valence-electron chi connectivity index (χ4n) is 12.4. The molecule has 258 valence electrons. The minimum Gasteiger partial charge on any atom is -0.355 e. The first kappa shape index (κ1) is 29.9. The lowest BCUT2D eigenvalue weighted by Gasteiger charge is -2.39. The van der Waals surface area contributed by atoms with Crippen molar-refractivity contribution in [2.75, 3.05) is 5.32 Å². The largest absolute Gasteiger partial charge is 0.355 e. The number of para-hydroxylation sites is 2. The number of benzene rings is 9. The molecule has 9 aromatic rings. The third-order valence-electron chi connectivity index (χ3n) is 14.4. The van der Waals surface area contributed by atoms with E-state index in [1.54, 1.807) is 16.7 Å². The predicted molar refractivity (Wildman–Crippen MR) is 239 cm³/mol. The van der Waals surface area contributed by atoms with Crippen LogP contribution in [0.3, 0.4) is 0 Å². The molecular formula is C53H34BNSi. The van der Waals surface area contributed by atoms with Crippen molar-refractivity contribution in [3.8, 4) is 33.4 Å². The average molecular weight is 724 g/mol. The van der Waals surface area contributed by atoms with Crippen molar-refractivity contribution in [3.05, 3.63) is 193 Å². The van der Waals surface area contributed by atoms with Gasteiger partial charge in [0.05, 0.1) is 0 Å². The van der Waals surface area contributed by atoms with Crippen LogP contribution in [0.2, 0.25) is 0 Å². The molecule has 0 bridgehead atoms. The van der Waals surface area contributed by atoms with E-state index in [4.69, 9.17) is 0 Å². The van der Waals surface area contributed by atoms with Crippen LogP contribution in [0.5, 0.6) is 0 Å². The molecule has 3 heteroatoms. The number of fused-ring (bicyclic) bond motifs is 16. The molecule has 3 aliphatic heterocycles. The van der Waals surface area contributed by atoms with Crippen LogP contribution in [0.4, 0.5) is 11.4 Å². The Morgan fingerprint density at radius 1 is 0.500 bits per heavy atom. The second-order valence-corrected chi connectivity index (χ2v) is 20.4. The highest BCUT2D eigenvalue weighted by atomic mass is 28.3. The molecule has 2 atom stereocenters. The second kappa shape index (κ2) is 10.3. The molecule has 56 heavy (non-hydrogen) atoms. The van der Waals surface area contributed by atoms with Crippen LogP contribution in [0, 0.1) is 0 Å². The first-order chi connectivity index (χ1) is 27.8. The first-order valence-corrected chi connectivity index (χ1v) is 22.2. The summed E-state index contributed by atoms with van der Waals surface area (Å²) in [6, 6.07) is 67.8. The third-order valence-corrected chi connectivity index (χ3v) is 19.4. The van der Waals surface area contributed by atoms with Crippen LogP contribution in [0.15, 0.2) is 176 Å². The lowest BCUT2D eigenvalue weighted by atomic mass is 9.58. The molecular weight excluding hydrogens is 689 g/mol. The zero-order chi connectivity index (χ0) is 36.3. The Hall–Kier alpha value is -6.42. The van der Waals surface area contributed by atoms with E-state index in [2.05, 4.69) is 181 Å². The zero-order valence-electron chi connectivity index (χ0n) is 30.7. The summed E-state index contributed by atoms with van der Waals surface area (Å²) in [6.45, 7) is 0. The molecule has 1 N–H and O–H groups in total. The first-order valence-electron chi connectivity index (χ1n) is 20.2. The molecule has 0 radical (unpaired) electrons. The van der Waals surface area contributed by atoms with E-state index in [0.29, 0.717) is 5.92 Å². The van der Waals surface area contributed by atoms with E-state index in [0.717, 1.165) is 13.7 Å². The summed E-state index contributed by atoms with van der Waals surface area (Å²) in [4.78, 5) is 0. The number of anilines is 2. The average Bonchev–Trinajstić information content (AvgIpc) is 3.85. The van der Waals surface area contributed by atoms with Gasteiger partial charge in [0.15, 0.2) is 15.4 Å². The Morgan fingerprint density at radius 2 is 1.12 bits per heavy atom. The monoisotopic (exact) mass is 723 g/mol. The van der Waals surface area contributed by atoms with Crippen LogP contribution in [0.1, 0.15) is 29.0 Å². The number of hydrogen-bond acceptors (Lipinski definition) is 1. The fraction of sp³-hybridized carbons (Fsp3) is 0.0566. The lowest BCUT2D eigenvalue weighted by molar-refractivity contribution is 0.848. The van der Waals surface area contributed by atoms with Gasteiger partial charge in [-0.05, 0) is 105 Å². The van der Waals surface area contributed by atoms with Crippen LogP contribution in [-0.4, -0.2) is 15.4 Å². The molecule has 0 saturated heterocycles. The van der Waals surface area contributed by atoms with Gasteiger partial charge in [0.25, 0.3) is 0 Å². The normalized spacial score (nSPS) is 19.0. The van der Waals surface area contributed by atoms with Gasteiger partial charge >= 0.3 is 0 Å². The molecule has 5 aliphatic rings. The molecule has 1 nitrogen and oxygen atoms in total. The second-order valence-electron chi connectivity index (χ2n) is 16.7. The topological polar surface area (TPSA) is 12.0 Å². The van der Waals surface area contributed by atoms with Crippen molar-refractivity contribution >= 4 is 79.9 Å². The Bertz CT molecular complexity index is 3220. The van der Waals surface area contributed by atoms with Gasteiger partial charge < -0.3 is 5.32 Å². The molecule has 2 aliphatic carbocycles. The molecule has 1 fully saturated rings. The molecule has 3 heterocycles. The summed E-state index contributed by atoms with van der Waals surface area (Å²) >= 11 is 0. The van der Waals surface area contributed by atoms with E-state index in [1.165, 1.54) is 98.0 Å². The number of nitrogens with one attached hydrogen (secondary N) is 1. The number of hydrogen-bond donors (Lipinski definition) is 1. The predicted octanol–water partition coefficient (Wildman–Crippen LogP) is 8.23. The van der Waals surface area contributed by atoms with Crippen molar-refractivity contribution in [2.45, 2.75) is 17.8 Å². The van der Waals surface area contributed by atoms with Crippen molar-refractivity contribution in [3.63, 3.8) is 0 Å². The van der Waals surface area contributed by atoms with E-state index in [9.17, 15) is 0 Å². The van der Waals surface area contributed by atoms with Gasteiger partial charge in [-0.2, -0.15) is 0 Å². The quantitative estimate of drug-likeness (QED) is 0.169. The van der Waals surface area contributed by atoms with E-state index >= 15 is 0 Å². The molecule has 1 saturated carbocycles. The fourth-order valence-corrected chi connectivity index (χ4v) is 17.9. The molecule has 9 aromatic carbocycles. The Kier molecular flexibility index (Phi) is 5.47. The van der Waals surface area contributed by atoms with Crippen molar-refractivity contribution in [1.29, 1.82) is 0 Å². The summed E-state index contributed by atoms with van der Waals surface area (Å²) < 4.78 is 0. The third kappa shape index (κ3) is 3.39. The van der Waals surface area contributed by atoms with Gasteiger partial charge in [0.1, 0.15) is 0 Å². The van der Waals surface area contributed by atoms with Crippen molar-refractivity contribution in [2.24, 2.45) is 0 Å². The van der Waals surface area contributed by atoms with Gasteiger partial charge in [-0.1, -0.05) is 181 Å². The summed E-state index contributed by atoms with van der Waals surface area (Å²) in [5.41, 5.74) is 18.6. The van der Waals surface area contributed by atoms with Crippen LogP contribution >= 0.6 is 0 Å². The minimum absolute atomic E-state index is 0.00858. The summed E-state index contributed by atoms with van der Waals surface area (Å²) in [5.74, 6) is 0.429. The van der Waals surface area contributed by atoms with Gasteiger partial charge in [0, 0.05) is 22.4 Å². The van der Waals surface area contributed by atoms with Crippen LogP contribution in [-0.2, 0) is 5.41 Å². The Labute approximate surface area is 327 Å². The van der Waals surface area contributed by atoms with Crippen LogP contribution < -0.4 is 37.0 Å². The van der Waals surface area contributed by atoms with Crippen molar-refractivity contribution < 1.29 is 0 Å². The maximum absolute atomic E-state index is 4.14. The van der Waals surface area contributed by atoms with Crippen molar-refractivity contribution in [1.82, 2.24) is 0 Å². The van der Waals surface area contributed by atoms with Gasteiger partial charge in [-0.15, -0.1) is 0 Å². The van der Waals surface area contributed by atoms with E-state index in [-0.39, 0.29) is 5.41 Å². The Balaban J connectivity index is 1.08. The molecule has 2 spiro atoms. The smallest absolute Gasteiger partial charge is 0.193 e. The molecule has 0 aromatic heterocycles. The standard InChI is InChI=1S/C53H34BNSi/c1-4-16-34-31(13-1)27-28-38-37-19-11-21-42-50(37)53(49(34)38)30-41(53)40-29-32-14-2-3-15-33(32)48(51(40)54-42)39-20-12-26-47-52(39)55-43-22-7-10-25-46(43)56(47)44-23-8-5-17-35(44)36-18-6-9-24-45(36)56/h1-29,41,54-55H,30H2. The summed E-state index contributed by atoms with van der Waals surface area (Å²) in [7, 11) is -1.75. The molecule has 0 amide bonds. The van der Waals surface area contributed by atoms with Gasteiger partial charge in [-0.3, -0.25) is 0 Å². The molecule has 2 unspecified atom stereocenters. The SMILES string of the molecule is B1c2cccc3c2C2(CC2c2cc4ccccc4c(-c4cccc5c4Nc4ccccc4[Si]54c5ccccc5-c5ccccc54)c21)c1c-3ccc2ccccc12. The van der Waals surface area contributed by atoms with E-state index < -0.39 is 8.07 Å². The molecule has 14 rings (SSSR count). The summed E-state index contributed by atoms with van der Waals surface area (Å²) in [6.07, 6.45) is 1.16. The zero-order valence-corrected chi connectivity index (χ0v) is 31.7. The maximum atomic E-state index is 4.14. The highest BCUT2D eigenvalue weighted by molar-refractivity contribution is 7.23. The lowest BCUT2D eigenvalue weighted by Crippen LogP contribution is -2.74. The highest BCUT2D eigenvalue weighted by Gasteiger charge is 2.64. The summed E-state index contributed by atoms with van der Waals surface area (Å²) in [5, 5.41) is 15.5. The van der Waals surface area contributed by atoms with Crippen LogP contribution in [0.25, 0.3) is 54.9 Å². The van der Waals surface area contributed by atoms with Gasteiger partial charge in [0.2, 0.25) is 0 Å². The maximum Gasteiger partial charge on any atom is 0.193 e. The van der Waals surface area contributed by atoms with Gasteiger partial charge in [-0.25, -0.2) is 0 Å². The minimum atomic E-state index is -2.68.